The van der Waals surface area contributed by atoms with Gasteiger partial charge < -0.3 is 25.8 Å². The Labute approximate surface area is 191 Å². The number of benzene rings is 3. The molecule has 0 bridgehead atoms. The minimum atomic E-state index is -1.03. The van der Waals surface area contributed by atoms with Crippen LogP contribution in [0.4, 0.5) is 21.9 Å². The van der Waals surface area contributed by atoms with Crippen molar-refractivity contribution in [2.75, 3.05) is 22.6 Å². The van der Waals surface area contributed by atoms with Crippen LogP contribution in [0.1, 0.15) is 16.7 Å². The van der Waals surface area contributed by atoms with Gasteiger partial charge in [0, 0.05) is 17.1 Å². The summed E-state index contributed by atoms with van der Waals surface area (Å²) < 4.78 is 5.07. The number of urea groups is 1. The second-order valence-electron chi connectivity index (χ2n) is 7.40. The first kappa shape index (κ1) is 23.5. The zero-order valence-corrected chi connectivity index (χ0v) is 18.1. The Hall–Kier alpha value is -4.17. The van der Waals surface area contributed by atoms with Crippen molar-refractivity contribution in [1.29, 1.82) is 0 Å². The second kappa shape index (κ2) is 11.4. The quantitative estimate of drug-likeness (QED) is 0.387. The van der Waals surface area contributed by atoms with Crippen molar-refractivity contribution >= 4 is 35.0 Å². The van der Waals surface area contributed by atoms with Crippen molar-refractivity contribution in [2.24, 2.45) is 0 Å². The van der Waals surface area contributed by atoms with Crippen molar-refractivity contribution in [3.8, 4) is 0 Å². The minimum Gasteiger partial charge on any atom is -0.480 e. The first-order valence-electron chi connectivity index (χ1n) is 10.3. The summed E-state index contributed by atoms with van der Waals surface area (Å²) in [7, 11) is 0. The first-order chi connectivity index (χ1) is 15.9. The van der Waals surface area contributed by atoms with Crippen molar-refractivity contribution < 1.29 is 24.2 Å². The predicted molar refractivity (Wildman–Crippen MR) is 126 cm³/mol. The predicted octanol–water partition coefficient (Wildman–Crippen LogP) is 4.42. The molecule has 3 aromatic carbocycles. The fourth-order valence-electron chi connectivity index (χ4n) is 3.09. The summed E-state index contributed by atoms with van der Waals surface area (Å²) in [4.78, 5) is 35.1. The maximum Gasteiger partial charge on any atom is 0.329 e. The van der Waals surface area contributed by atoms with Crippen molar-refractivity contribution in [3.63, 3.8) is 0 Å². The topological polar surface area (TPSA) is 117 Å². The molecule has 8 heteroatoms. The van der Waals surface area contributed by atoms with Crippen molar-refractivity contribution in [1.82, 2.24) is 0 Å². The van der Waals surface area contributed by atoms with E-state index in [1.807, 2.05) is 31.2 Å². The molecular weight excluding hydrogens is 422 g/mol. The van der Waals surface area contributed by atoms with E-state index < -0.39 is 5.97 Å². The Bertz CT molecular complexity index is 1130. The molecule has 0 aliphatic carbocycles. The Morgan fingerprint density at radius 1 is 0.818 bits per heavy atom. The van der Waals surface area contributed by atoms with Crippen LogP contribution >= 0.6 is 0 Å². The number of anilines is 3. The highest BCUT2D eigenvalue weighted by Crippen LogP contribution is 2.16. The van der Waals surface area contributed by atoms with Gasteiger partial charge in [-0.1, -0.05) is 42.5 Å². The monoisotopic (exact) mass is 447 g/mol. The van der Waals surface area contributed by atoms with E-state index in [1.165, 1.54) is 0 Å². The normalized spacial score (nSPS) is 10.3. The van der Waals surface area contributed by atoms with Crippen LogP contribution in [0.5, 0.6) is 0 Å². The van der Waals surface area contributed by atoms with Crippen LogP contribution in [0.15, 0.2) is 72.8 Å². The molecule has 0 spiro atoms. The van der Waals surface area contributed by atoms with Crippen LogP contribution in [-0.2, 0) is 27.4 Å². The number of para-hydroxylation sites is 1. The molecule has 3 aromatic rings. The zero-order chi connectivity index (χ0) is 23.6. The third-order valence-corrected chi connectivity index (χ3v) is 4.67. The number of nitrogens with one attached hydrogen (secondary N) is 3. The molecule has 0 aliphatic heterocycles. The molecule has 0 aromatic heterocycles. The Kier molecular flexibility index (Phi) is 8.15. The van der Waals surface area contributed by atoms with Gasteiger partial charge in [0.25, 0.3) is 0 Å². The maximum absolute atomic E-state index is 12.4. The van der Waals surface area contributed by atoms with E-state index in [0.29, 0.717) is 11.4 Å². The Balaban J connectivity index is 1.49. The molecule has 3 amide bonds. The van der Waals surface area contributed by atoms with E-state index in [1.54, 1.807) is 48.5 Å². The molecule has 170 valence electrons. The van der Waals surface area contributed by atoms with Gasteiger partial charge in [-0.2, -0.15) is 0 Å². The average Bonchev–Trinajstić information content (AvgIpc) is 2.77. The third kappa shape index (κ3) is 7.79. The number of amides is 3. The van der Waals surface area contributed by atoms with Gasteiger partial charge in [0.05, 0.1) is 13.0 Å². The van der Waals surface area contributed by atoms with Crippen LogP contribution in [-0.4, -0.2) is 29.6 Å². The molecule has 4 N–H and O–H groups in total. The molecule has 0 atom stereocenters. The van der Waals surface area contributed by atoms with E-state index in [-0.39, 0.29) is 31.6 Å². The lowest BCUT2D eigenvalue weighted by Gasteiger charge is -2.10. The molecule has 33 heavy (non-hydrogen) atoms. The van der Waals surface area contributed by atoms with Crippen molar-refractivity contribution in [3.05, 3.63) is 89.5 Å². The fourth-order valence-corrected chi connectivity index (χ4v) is 3.09. The second-order valence-corrected chi connectivity index (χ2v) is 7.40. The molecule has 0 saturated heterocycles. The van der Waals surface area contributed by atoms with Gasteiger partial charge in [0.15, 0.2) is 0 Å². The van der Waals surface area contributed by atoms with E-state index in [4.69, 9.17) is 9.84 Å². The van der Waals surface area contributed by atoms with E-state index >= 15 is 0 Å². The number of rotatable bonds is 9. The number of hydrogen-bond acceptors (Lipinski definition) is 4. The van der Waals surface area contributed by atoms with E-state index in [2.05, 4.69) is 16.0 Å². The molecule has 0 aliphatic rings. The number of aryl methyl sites for hydroxylation is 1. The van der Waals surface area contributed by atoms with Crippen LogP contribution in [0.25, 0.3) is 0 Å². The van der Waals surface area contributed by atoms with Gasteiger partial charge in [-0.05, 0) is 53.9 Å². The highest BCUT2D eigenvalue weighted by Gasteiger charge is 2.08. The van der Waals surface area contributed by atoms with Crippen LogP contribution in [0.3, 0.4) is 0 Å². The van der Waals surface area contributed by atoms with Crippen LogP contribution in [0.2, 0.25) is 0 Å². The lowest BCUT2D eigenvalue weighted by Crippen LogP contribution is -2.20. The minimum absolute atomic E-state index is 0.141. The summed E-state index contributed by atoms with van der Waals surface area (Å²) in [6.45, 7) is 1.68. The van der Waals surface area contributed by atoms with E-state index in [0.717, 1.165) is 22.4 Å². The molecule has 0 heterocycles. The number of carbonyl (C=O) groups excluding carboxylic acids is 2. The lowest BCUT2D eigenvalue weighted by molar-refractivity contribution is -0.142. The lowest BCUT2D eigenvalue weighted by atomic mass is 10.1. The summed E-state index contributed by atoms with van der Waals surface area (Å²) >= 11 is 0. The smallest absolute Gasteiger partial charge is 0.329 e. The molecule has 3 rings (SSSR count). The number of carboxylic acid groups (broad SMARTS) is 1. The Morgan fingerprint density at radius 3 is 2.30 bits per heavy atom. The fraction of sp³-hybridized carbons (Fsp3) is 0.160. The largest absolute Gasteiger partial charge is 0.480 e. The average molecular weight is 447 g/mol. The number of ether oxygens (including phenoxy) is 1. The summed E-state index contributed by atoms with van der Waals surface area (Å²) in [6.07, 6.45) is 0.162. The van der Waals surface area contributed by atoms with Crippen LogP contribution < -0.4 is 16.0 Å². The highest BCUT2D eigenvalue weighted by atomic mass is 16.5. The summed E-state index contributed by atoms with van der Waals surface area (Å²) in [5.41, 5.74) is 4.46. The van der Waals surface area contributed by atoms with Gasteiger partial charge in [-0.25, -0.2) is 9.59 Å². The standard InChI is InChI=1S/C25H25N3O5/c1-17-5-2-3-8-22(17)28-25(32)27-20-11-9-18(10-12-20)14-23(29)26-21-7-4-6-19(13-21)15-33-16-24(30)31/h2-13H,14-16H2,1H3,(H,26,29)(H,30,31)(H2,27,28,32). The SMILES string of the molecule is Cc1ccccc1NC(=O)Nc1ccc(CC(=O)Nc2cccc(COCC(=O)O)c2)cc1. The maximum atomic E-state index is 12.4. The van der Waals surface area contributed by atoms with Crippen LogP contribution in [0, 0.1) is 6.92 Å². The van der Waals surface area contributed by atoms with Gasteiger partial charge in [0.2, 0.25) is 5.91 Å². The molecule has 8 nitrogen and oxygen atoms in total. The summed E-state index contributed by atoms with van der Waals surface area (Å²) in [5.74, 6) is -1.23. The van der Waals surface area contributed by atoms with Gasteiger partial charge in [-0.15, -0.1) is 0 Å². The summed E-state index contributed by atoms with van der Waals surface area (Å²) in [6, 6.07) is 21.2. The Morgan fingerprint density at radius 2 is 1.58 bits per heavy atom. The number of hydrogen-bond donors (Lipinski definition) is 4. The zero-order valence-electron chi connectivity index (χ0n) is 18.1. The summed E-state index contributed by atoms with van der Waals surface area (Å²) in [5, 5.41) is 17.0. The third-order valence-electron chi connectivity index (χ3n) is 4.67. The number of carboxylic acids is 1. The van der Waals surface area contributed by atoms with Gasteiger partial charge in [0.1, 0.15) is 6.61 Å². The number of carbonyl (C=O) groups is 3. The first-order valence-corrected chi connectivity index (χ1v) is 10.3. The van der Waals surface area contributed by atoms with Gasteiger partial charge in [-0.3, -0.25) is 4.79 Å². The van der Waals surface area contributed by atoms with E-state index in [9.17, 15) is 14.4 Å². The van der Waals surface area contributed by atoms with Gasteiger partial charge >= 0.3 is 12.0 Å². The molecule has 0 unspecified atom stereocenters. The molecule has 0 saturated carbocycles. The molecule has 0 fully saturated rings. The van der Waals surface area contributed by atoms with Crippen molar-refractivity contribution in [2.45, 2.75) is 20.0 Å². The number of aliphatic carboxylic acids is 1. The highest BCUT2D eigenvalue weighted by molar-refractivity contribution is 6.00. The molecular formula is C25H25N3O5. The molecule has 0 radical (unpaired) electrons.